The first-order valence-corrected chi connectivity index (χ1v) is 6.44. The molecule has 0 aromatic carbocycles. The van der Waals surface area contributed by atoms with Crippen molar-refractivity contribution in [2.45, 2.75) is 18.9 Å². The Labute approximate surface area is 105 Å². The summed E-state index contributed by atoms with van der Waals surface area (Å²) < 4.78 is 5.15. The molecule has 3 aliphatic rings. The molecule has 5 nitrogen and oxygen atoms in total. The van der Waals surface area contributed by atoms with Crippen LogP contribution in [0.15, 0.2) is 12.2 Å². The molecule has 98 valence electrons. The predicted molar refractivity (Wildman–Crippen MR) is 62.7 cm³/mol. The number of ether oxygens (including phenoxy) is 1. The number of carbonyl (C=O) groups excluding carboxylic acids is 1. The van der Waals surface area contributed by atoms with Gasteiger partial charge in [-0.2, -0.15) is 0 Å². The van der Waals surface area contributed by atoms with Gasteiger partial charge < -0.3 is 15.2 Å². The van der Waals surface area contributed by atoms with Crippen molar-refractivity contribution in [1.29, 1.82) is 0 Å². The number of nitrogens with one attached hydrogen (secondary N) is 1. The number of carboxylic acids is 1. The Kier molecular flexibility index (Phi) is 2.86. The zero-order chi connectivity index (χ0) is 12.7. The van der Waals surface area contributed by atoms with Crippen molar-refractivity contribution in [2.24, 2.45) is 23.7 Å². The second-order valence-electron chi connectivity index (χ2n) is 5.48. The molecule has 1 saturated heterocycles. The molecule has 5 atom stereocenters. The van der Waals surface area contributed by atoms with Gasteiger partial charge in [0.2, 0.25) is 5.91 Å². The molecule has 0 radical (unpaired) electrons. The van der Waals surface area contributed by atoms with E-state index in [0.717, 1.165) is 12.8 Å². The van der Waals surface area contributed by atoms with Gasteiger partial charge in [-0.1, -0.05) is 12.2 Å². The summed E-state index contributed by atoms with van der Waals surface area (Å²) in [5.41, 5.74) is 0. The van der Waals surface area contributed by atoms with E-state index in [0.29, 0.717) is 18.4 Å². The average molecular weight is 251 g/mol. The van der Waals surface area contributed by atoms with Gasteiger partial charge in [0.25, 0.3) is 0 Å². The lowest BCUT2D eigenvalue weighted by molar-refractivity contribution is -0.142. The molecule has 5 heteroatoms. The van der Waals surface area contributed by atoms with E-state index in [1.54, 1.807) is 0 Å². The van der Waals surface area contributed by atoms with Crippen molar-refractivity contribution in [2.75, 3.05) is 13.2 Å². The SMILES string of the molecule is O=C(NC1COCC1C(=O)O)C1CC2C=CC1C2. The standard InChI is InChI=1S/C13H17NO4/c15-12(9-4-7-1-2-8(9)3-7)14-11-6-18-5-10(11)13(16)17/h1-2,7-11H,3-6H2,(H,14,15)(H,16,17). The predicted octanol–water partition coefficient (Wildman–Crippen LogP) is 0.414. The number of allylic oxidation sites excluding steroid dienone is 2. The number of rotatable bonds is 3. The molecule has 0 spiro atoms. The smallest absolute Gasteiger partial charge is 0.311 e. The highest BCUT2D eigenvalue weighted by molar-refractivity contribution is 5.81. The van der Waals surface area contributed by atoms with Crippen molar-refractivity contribution < 1.29 is 19.4 Å². The zero-order valence-corrected chi connectivity index (χ0v) is 10.0. The highest BCUT2D eigenvalue weighted by atomic mass is 16.5. The van der Waals surface area contributed by atoms with Gasteiger partial charge in [-0.25, -0.2) is 0 Å². The molecule has 1 heterocycles. The van der Waals surface area contributed by atoms with Crippen molar-refractivity contribution in [3.05, 3.63) is 12.2 Å². The van der Waals surface area contributed by atoms with Crippen molar-refractivity contribution in [1.82, 2.24) is 5.32 Å². The van der Waals surface area contributed by atoms with Gasteiger partial charge in [-0.15, -0.1) is 0 Å². The maximum atomic E-state index is 12.2. The van der Waals surface area contributed by atoms with E-state index < -0.39 is 11.9 Å². The van der Waals surface area contributed by atoms with Crippen molar-refractivity contribution in [3.8, 4) is 0 Å². The van der Waals surface area contributed by atoms with Gasteiger partial charge in [0, 0.05) is 5.92 Å². The third kappa shape index (κ3) is 1.92. The van der Waals surface area contributed by atoms with Crippen LogP contribution >= 0.6 is 0 Å². The van der Waals surface area contributed by atoms with E-state index in [9.17, 15) is 9.59 Å². The monoisotopic (exact) mass is 251 g/mol. The van der Waals surface area contributed by atoms with E-state index in [1.807, 2.05) is 0 Å². The van der Waals surface area contributed by atoms with Crippen LogP contribution in [0.4, 0.5) is 0 Å². The Morgan fingerprint density at radius 3 is 2.61 bits per heavy atom. The molecule has 0 aromatic rings. The summed E-state index contributed by atoms with van der Waals surface area (Å²) in [7, 11) is 0. The van der Waals surface area contributed by atoms with Crippen LogP contribution < -0.4 is 5.32 Å². The van der Waals surface area contributed by atoms with Gasteiger partial charge >= 0.3 is 5.97 Å². The fraction of sp³-hybridized carbons (Fsp3) is 0.692. The molecule has 18 heavy (non-hydrogen) atoms. The fourth-order valence-corrected chi connectivity index (χ4v) is 3.31. The number of hydrogen-bond donors (Lipinski definition) is 2. The molecular weight excluding hydrogens is 234 g/mol. The minimum Gasteiger partial charge on any atom is -0.481 e. The summed E-state index contributed by atoms with van der Waals surface area (Å²) in [4.78, 5) is 23.2. The lowest BCUT2D eigenvalue weighted by Crippen LogP contribution is -2.45. The zero-order valence-electron chi connectivity index (χ0n) is 10.0. The lowest BCUT2D eigenvalue weighted by atomic mass is 9.92. The van der Waals surface area contributed by atoms with E-state index in [2.05, 4.69) is 17.5 Å². The molecule has 2 bridgehead atoms. The van der Waals surface area contributed by atoms with E-state index in [4.69, 9.17) is 9.84 Å². The minimum atomic E-state index is -0.898. The second kappa shape index (κ2) is 4.39. The van der Waals surface area contributed by atoms with Crippen molar-refractivity contribution >= 4 is 11.9 Å². The number of aliphatic carboxylic acids is 1. The molecule has 3 rings (SSSR count). The van der Waals surface area contributed by atoms with Crippen LogP contribution in [0, 0.1) is 23.7 Å². The number of amides is 1. The maximum absolute atomic E-state index is 12.2. The largest absolute Gasteiger partial charge is 0.481 e. The fourth-order valence-electron chi connectivity index (χ4n) is 3.31. The Morgan fingerprint density at radius 1 is 1.17 bits per heavy atom. The third-order valence-corrected chi connectivity index (χ3v) is 4.34. The highest BCUT2D eigenvalue weighted by Gasteiger charge is 2.42. The van der Waals surface area contributed by atoms with Crippen LogP contribution in [-0.4, -0.2) is 36.2 Å². The van der Waals surface area contributed by atoms with Crippen LogP contribution in [0.2, 0.25) is 0 Å². The Hall–Kier alpha value is -1.36. The average Bonchev–Trinajstić information content (AvgIpc) is 3.03. The molecule has 1 amide bonds. The van der Waals surface area contributed by atoms with Crippen LogP contribution in [0.5, 0.6) is 0 Å². The van der Waals surface area contributed by atoms with E-state index in [1.165, 1.54) is 0 Å². The molecule has 1 aliphatic heterocycles. The van der Waals surface area contributed by atoms with Crippen LogP contribution in [-0.2, 0) is 14.3 Å². The maximum Gasteiger partial charge on any atom is 0.311 e. The van der Waals surface area contributed by atoms with Crippen LogP contribution in [0.1, 0.15) is 12.8 Å². The number of carboxylic acid groups (broad SMARTS) is 1. The second-order valence-corrected chi connectivity index (χ2v) is 5.48. The third-order valence-electron chi connectivity index (χ3n) is 4.34. The first-order chi connectivity index (χ1) is 8.65. The number of carbonyl (C=O) groups is 2. The van der Waals surface area contributed by atoms with Crippen molar-refractivity contribution in [3.63, 3.8) is 0 Å². The quantitative estimate of drug-likeness (QED) is 0.713. The molecule has 5 unspecified atom stereocenters. The summed E-state index contributed by atoms with van der Waals surface area (Å²) in [5, 5.41) is 11.9. The molecular formula is C13H17NO4. The lowest BCUT2D eigenvalue weighted by Gasteiger charge is -2.22. The summed E-state index contributed by atoms with van der Waals surface area (Å²) in [5.74, 6) is -0.598. The first-order valence-electron chi connectivity index (χ1n) is 6.44. The Balaban J connectivity index is 1.61. The molecule has 2 fully saturated rings. The number of fused-ring (bicyclic) bond motifs is 2. The minimum absolute atomic E-state index is 0.00593. The van der Waals surface area contributed by atoms with E-state index >= 15 is 0 Å². The van der Waals surface area contributed by atoms with Gasteiger partial charge in [-0.05, 0) is 24.7 Å². The summed E-state index contributed by atoms with van der Waals surface area (Å²) >= 11 is 0. The van der Waals surface area contributed by atoms with Gasteiger partial charge in [0.15, 0.2) is 0 Å². The van der Waals surface area contributed by atoms with Crippen LogP contribution in [0.25, 0.3) is 0 Å². The number of hydrogen-bond acceptors (Lipinski definition) is 3. The Morgan fingerprint density at radius 2 is 2.00 bits per heavy atom. The molecule has 0 aromatic heterocycles. The van der Waals surface area contributed by atoms with E-state index in [-0.39, 0.29) is 24.5 Å². The molecule has 2 N–H and O–H groups in total. The molecule has 1 saturated carbocycles. The highest BCUT2D eigenvalue weighted by Crippen LogP contribution is 2.43. The normalized spacial score (nSPS) is 41.2. The topological polar surface area (TPSA) is 75.6 Å². The van der Waals surface area contributed by atoms with Gasteiger partial charge in [0.1, 0.15) is 5.92 Å². The Bertz CT molecular complexity index is 406. The summed E-state index contributed by atoms with van der Waals surface area (Å²) in [6.45, 7) is 0.496. The molecule has 2 aliphatic carbocycles. The van der Waals surface area contributed by atoms with Gasteiger partial charge in [0.05, 0.1) is 19.3 Å². The van der Waals surface area contributed by atoms with Crippen LogP contribution in [0.3, 0.4) is 0 Å². The summed E-state index contributed by atoms with van der Waals surface area (Å²) in [6.07, 6.45) is 6.28. The first kappa shape index (κ1) is 11.7. The summed E-state index contributed by atoms with van der Waals surface area (Å²) in [6, 6.07) is -0.377. The van der Waals surface area contributed by atoms with Gasteiger partial charge in [-0.3, -0.25) is 9.59 Å².